The molecule has 0 bridgehead atoms. The summed E-state index contributed by atoms with van der Waals surface area (Å²) < 4.78 is 30.7. The highest BCUT2D eigenvalue weighted by Gasteiger charge is 2.20. The minimum Gasteiger partial charge on any atom is -0.379 e. The van der Waals surface area contributed by atoms with Crippen LogP contribution < -0.4 is 0 Å². The second kappa shape index (κ2) is 16.2. The number of rotatable bonds is 17. The Morgan fingerprint density at radius 3 is 2.20 bits per heavy atom. The van der Waals surface area contributed by atoms with E-state index in [-0.39, 0.29) is 24.2 Å². The Morgan fingerprint density at radius 2 is 1.60 bits per heavy atom. The zero-order valence-corrected chi connectivity index (χ0v) is 19.3. The summed E-state index contributed by atoms with van der Waals surface area (Å²) in [7, 11) is 0. The minimum absolute atomic E-state index is 0.0600. The van der Waals surface area contributed by atoms with E-state index in [4.69, 9.17) is 14.2 Å². The fraction of sp³-hybridized carbons (Fsp3) is 0.708. The molecule has 0 heterocycles. The number of aryl methyl sites for hydroxylation is 1. The number of nitrogens with zero attached hydrogens (tertiary/aromatic N) is 1. The maximum Gasteiger partial charge on any atom is 0.225 e. The number of hydrogen-bond acceptors (Lipinski definition) is 4. The number of unbranched alkanes of at least 4 members (excludes halogenated alkanes) is 1. The van der Waals surface area contributed by atoms with E-state index in [0.717, 1.165) is 31.4 Å². The van der Waals surface area contributed by atoms with Gasteiger partial charge in [0.2, 0.25) is 5.91 Å². The van der Waals surface area contributed by atoms with E-state index in [1.54, 1.807) is 11.0 Å². The van der Waals surface area contributed by atoms with Gasteiger partial charge in [-0.15, -0.1) is 0 Å². The lowest BCUT2D eigenvalue weighted by atomic mass is 10.1. The Labute approximate surface area is 181 Å². The van der Waals surface area contributed by atoms with Crippen molar-refractivity contribution in [3.63, 3.8) is 0 Å². The van der Waals surface area contributed by atoms with Crippen LogP contribution in [-0.2, 0) is 25.5 Å². The predicted molar refractivity (Wildman–Crippen MR) is 118 cm³/mol. The lowest BCUT2D eigenvalue weighted by molar-refractivity contribution is -0.136. The number of ether oxygens (including phenoxy) is 3. The SMILES string of the molecule is CCCCOCCOCCOCCCN(Cc1cc(C)ccc1F)C(=O)[C@@H](C)CC. The third-order valence-corrected chi connectivity index (χ3v) is 5.01. The number of hydrogen-bond donors (Lipinski definition) is 0. The summed E-state index contributed by atoms with van der Waals surface area (Å²) in [6, 6.07) is 5.02. The molecule has 172 valence electrons. The molecule has 0 fully saturated rings. The fourth-order valence-corrected chi connectivity index (χ4v) is 2.93. The van der Waals surface area contributed by atoms with E-state index >= 15 is 0 Å². The summed E-state index contributed by atoms with van der Waals surface area (Å²) >= 11 is 0. The van der Waals surface area contributed by atoms with Crippen LogP contribution in [0.2, 0.25) is 0 Å². The molecule has 0 aromatic heterocycles. The molecule has 1 amide bonds. The van der Waals surface area contributed by atoms with E-state index in [1.165, 1.54) is 6.07 Å². The normalized spacial score (nSPS) is 12.2. The van der Waals surface area contributed by atoms with Gasteiger partial charge in [-0.3, -0.25) is 4.79 Å². The molecule has 0 saturated heterocycles. The maximum atomic E-state index is 14.2. The van der Waals surface area contributed by atoms with Crippen LogP contribution >= 0.6 is 0 Å². The summed E-state index contributed by atoms with van der Waals surface area (Å²) in [5, 5.41) is 0. The minimum atomic E-state index is -0.269. The van der Waals surface area contributed by atoms with Crippen molar-refractivity contribution in [2.45, 2.75) is 59.9 Å². The average Bonchev–Trinajstić information content (AvgIpc) is 2.74. The number of amides is 1. The van der Waals surface area contributed by atoms with E-state index < -0.39 is 0 Å². The van der Waals surface area contributed by atoms with Crippen molar-refractivity contribution < 1.29 is 23.4 Å². The van der Waals surface area contributed by atoms with Gasteiger partial charge in [-0.25, -0.2) is 4.39 Å². The molecule has 1 aromatic carbocycles. The Bertz CT molecular complexity index is 597. The highest BCUT2D eigenvalue weighted by atomic mass is 19.1. The van der Waals surface area contributed by atoms with Crippen LogP contribution in [0.15, 0.2) is 18.2 Å². The molecule has 30 heavy (non-hydrogen) atoms. The summed E-state index contributed by atoms with van der Waals surface area (Å²) in [4.78, 5) is 14.5. The van der Waals surface area contributed by atoms with Crippen molar-refractivity contribution in [1.29, 1.82) is 0 Å². The van der Waals surface area contributed by atoms with Crippen LogP contribution in [0.3, 0.4) is 0 Å². The number of carbonyl (C=O) groups excluding carboxylic acids is 1. The monoisotopic (exact) mass is 425 g/mol. The van der Waals surface area contributed by atoms with Crippen molar-refractivity contribution >= 4 is 5.91 Å². The Morgan fingerprint density at radius 1 is 1.00 bits per heavy atom. The van der Waals surface area contributed by atoms with Crippen molar-refractivity contribution in [3.05, 3.63) is 35.1 Å². The molecule has 0 aliphatic heterocycles. The van der Waals surface area contributed by atoms with Gasteiger partial charge in [0.05, 0.1) is 26.4 Å². The van der Waals surface area contributed by atoms with E-state index in [2.05, 4.69) is 6.92 Å². The molecule has 0 N–H and O–H groups in total. The molecular formula is C24H40FNO4. The molecule has 1 aromatic rings. The third kappa shape index (κ3) is 11.0. The summed E-state index contributed by atoms with van der Waals surface area (Å²) in [5.74, 6) is -0.286. The van der Waals surface area contributed by atoms with E-state index in [9.17, 15) is 9.18 Å². The Balaban J connectivity index is 2.32. The van der Waals surface area contributed by atoms with Gasteiger partial charge < -0.3 is 19.1 Å². The molecule has 1 atom stereocenters. The van der Waals surface area contributed by atoms with Crippen molar-refractivity contribution in [3.8, 4) is 0 Å². The molecular weight excluding hydrogens is 385 g/mol. The summed E-state index contributed by atoms with van der Waals surface area (Å²) in [5.41, 5.74) is 1.54. The number of carbonyl (C=O) groups is 1. The van der Waals surface area contributed by atoms with Crippen LogP contribution in [-0.4, -0.2) is 57.0 Å². The van der Waals surface area contributed by atoms with Crippen molar-refractivity contribution in [2.75, 3.05) is 46.2 Å². The third-order valence-electron chi connectivity index (χ3n) is 5.01. The van der Waals surface area contributed by atoms with Crippen LogP contribution in [0.5, 0.6) is 0 Å². The largest absolute Gasteiger partial charge is 0.379 e. The van der Waals surface area contributed by atoms with E-state index in [1.807, 2.05) is 26.8 Å². The second-order valence-electron chi connectivity index (χ2n) is 7.71. The first kappa shape index (κ1) is 26.5. The smallest absolute Gasteiger partial charge is 0.225 e. The molecule has 0 unspecified atom stereocenters. The topological polar surface area (TPSA) is 48.0 Å². The first-order chi connectivity index (χ1) is 14.5. The van der Waals surface area contributed by atoms with Crippen LogP contribution in [0.4, 0.5) is 4.39 Å². The van der Waals surface area contributed by atoms with Gasteiger partial charge in [-0.1, -0.05) is 44.9 Å². The first-order valence-corrected chi connectivity index (χ1v) is 11.3. The first-order valence-electron chi connectivity index (χ1n) is 11.3. The quantitative estimate of drug-likeness (QED) is 0.338. The highest BCUT2D eigenvalue weighted by molar-refractivity contribution is 5.78. The highest BCUT2D eigenvalue weighted by Crippen LogP contribution is 2.16. The van der Waals surface area contributed by atoms with Crippen LogP contribution in [0.25, 0.3) is 0 Å². The van der Waals surface area contributed by atoms with Crippen LogP contribution in [0, 0.1) is 18.7 Å². The predicted octanol–water partition coefficient (Wildman–Crippen LogP) is 4.75. The zero-order chi connectivity index (χ0) is 22.2. The van der Waals surface area contributed by atoms with Crippen LogP contribution in [0.1, 0.15) is 57.6 Å². The Hall–Kier alpha value is -1.50. The zero-order valence-electron chi connectivity index (χ0n) is 19.3. The van der Waals surface area contributed by atoms with Gasteiger partial charge in [-0.05, 0) is 32.3 Å². The average molecular weight is 426 g/mol. The lowest BCUT2D eigenvalue weighted by Gasteiger charge is -2.26. The molecule has 6 heteroatoms. The fourth-order valence-electron chi connectivity index (χ4n) is 2.93. The van der Waals surface area contributed by atoms with Crippen molar-refractivity contribution in [1.82, 2.24) is 4.90 Å². The van der Waals surface area contributed by atoms with Gasteiger partial charge in [0, 0.05) is 37.8 Å². The molecule has 0 radical (unpaired) electrons. The van der Waals surface area contributed by atoms with Crippen molar-refractivity contribution in [2.24, 2.45) is 5.92 Å². The molecule has 0 aliphatic rings. The van der Waals surface area contributed by atoms with Gasteiger partial charge >= 0.3 is 0 Å². The second-order valence-corrected chi connectivity index (χ2v) is 7.71. The molecule has 5 nitrogen and oxygen atoms in total. The van der Waals surface area contributed by atoms with E-state index in [0.29, 0.717) is 51.6 Å². The lowest BCUT2D eigenvalue weighted by Crippen LogP contribution is -2.36. The number of halogens is 1. The molecule has 0 saturated carbocycles. The molecule has 1 rings (SSSR count). The van der Waals surface area contributed by atoms with Gasteiger partial charge in [-0.2, -0.15) is 0 Å². The van der Waals surface area contributed by atoms with Gasteiger partial charge in [0.25, 0.3) is 0 Å². The summed E-state index contributed by atoms with van der Waals surface area (Å²) in [6.07, 6.45) is 3.68. The maximum absolute atomic E-state index is 14.2. The van der Waals surface area contributed by atoms with Gasteiger partial charge in [0.15, 0.2) is 0 Å². The standard InChI is InChI=1S/C24H40FNO4/c1-5-7-12-28-14-16-30-17-15-29-13-8-11-26(24(27)21(4)6-2)19-22-18-20(3)9-10-23(22)25/h9-10,18,21H,5-8,11-17,19H2,1-4H3/t21-/m0/s1. The molecule has 0 spiro atoms. The summed E-state index contributed by atoms with van der Waals surface area (Å²) in [6.45, 7) is 12.4. The molecule has 0 aliphatic carbocycles. The van der Waals surface area contributed by atoms with Gasteiger partial charge in [0.1, 0.15) is 5.82 Å². The Kier molecular flexibility index (Phi) is 14.4. The number of benzene rings is 1.